The number of hydrogen-bond donors (Lipinski definition) is 2. The van der Waals surface area contributed by atoms with Gasteiger partial charge in [0.25, 0.3) is 0 Å². The van der Waals surface area contributed by atoms with Gasteiger partial charge >= 0.3 is 0 Å². The molecular formula is C22H26N4O. The van der Waals surface area contributed by atoms with Gasteiger partial charge in [-0.2, -0.15) is 0 Å². The second-order valence-electron chi connectivity index (χ2n) is 8.23. The van der Waals surface area contributed by atoms with Crippen molar-refractivity contribution in [2.45, 2.75) is 45.2 Å². The summed E-state index contributed by atoms with van der Waals surface area (Å²) in [5.41, 5.74) is 5.28. The fourth-order valence-corrected chi connectivity index (χ4v) is 3.95. The number of hydrogen-bond acceptors (Lipinski definition) is 4. The van der Waals surface area contributed by atoms with Crippen LogP contribution in [0.25, 0.3) is 0 Å². The predicted molar refractivity (Wildman–Crippen MR) is 106 cm³/mol. The Labute approximate surface area is 160 Å². The number of phenolic OH excluding ortho intramolecular Hbond substituents is 1. The molecule has 0 radical (unpaired) electrons. The summed E-state index contributed by atoms with van der Waals surface area (Å²) in [5.74, 6) is 0.409. The normalized spacial score (nSPS) is 17.7. The third kappa shape index (κ3) is 3.35. The minimum atomic E-state index is -0.0954. The van der Waals surface area contributed by atoms with Gasteiger partial charge in [0.1, 0.15) is 5.75 Å². The summed E-state index contributed by atoms with van der Waals surface area (Å²) in [7, 11) is 0. The van der Waals surface area contributed by atoms with Gasteiger partial charge in [-0.1, -0.05) is 39.0 Å². The first-order valence-corrected chi connectivity index (χ1v) is 9.42. The van der Waals surface area contributed by atoms with E-state index in [2.05, 4.69) is 40.6 Å². The number of para-hydroxylation sites is 1. The van der Waals surface area contributed by atoms with Crippen LogP contribution in [0.2, 0.25) is 0 Å². The van der Waals surface area contributed by atoms with E-state index >= 15 is 0 Å². The molecule has 5 nitrogen and oxygen atoms in total. The molecule has 1 aliphatic rings. The minimum Gasteiger partial charge on any atom is -0.507 e. The van der Waals surface area contributed by atoms with Crippen LogP contribution in [-0.4, -0.2) is 31.5 Å². The van der Waals surface area contributed by atoms with Crippen molar-refractivity contribution in [2.75, 3.05) is 6.54 Å². The molecule has 0 amide bonds. The van der Waals surface area contributed by atoms with Gasteiger partial charge in [-0.25, -0.2) is 4.98 Å². The number of aromatic nitrogens is 3. The first-order chi connectivity index (χ1) is 12.9. The minimum absolute atomic E-state index is 0.0562. The zero-order chi connectivity index (χ0) is 19.0. The van der Waals surface area contributed by atoms with E-state index in [1.807, 2.05) is 42.7 Å². The molecule has 0 aliphatic carbocycles. The zero-order valence-electron chi connectivity index (χ0n) is 16.1. The Balaban J connectivity index is 1.72. The van der Waals surface area contributed by atoms with E-state index in [9.17, 15) is 5.11 Å². The topological polar surface area (TPSA) is 65.0 Å². The Morgan fingerprint density at radius 2 is 1.96 bits per heavy atom. The monoisotopic (exact) mass is 362 g/mol. The molecule has 1 aliphatic heterocycles. The molecule has 140 valence electrons. The number of rotatable bonds is 3. The lowest BCUT2D eigenvalue weighted by molar-refractivity contribution is 0.198. The maximum absolute atomic E-state index is 10.9. The van der Waals surface area contributed by atoms with Gasteiger partial charge in [0.05, 0.1) is 18.1 Å². The second kappa shape index (κ2) is 6.82. The molecule has 0 spiro atoms. The van der Waals surface area contributed by atoms with Crippen LogP contribution in [0.5, 0.6) is 5.75 Å². The summed E-state index contributed by atoms with van der Waals surface area (Å²) < 4.78 is 0. The van der Waals surface area contributed by atoms with Crippen LogP contribution < -0.4 is 0 Å². The van der Waals surface area contributed by atoms with E-state index < -0.39 is 0 Å². The number of imidazole rings is 1. The number of fused-ring (bicyclic) bond motifs is 1. The number of benzene rings is 1. The van der Waals surface area contributed by atoms with Gasteiger partial charge in [0, 0.05) is 43.2 Å². The summed E-state index contributed by atoms with van der Waals surface area (Å²) in [4.78, 5) is 14.4. The van der Waals surface area contributed by atoms with Crippen molar-refractivity contribution in [3.63, 3.8) is 0 Å². The molecule has 5 heteroatoms. The van der Waals surface area contributed by atoms with Crippen LogP contribution >= 0.6 is 0 Å². The molecule has 0 bridgehead atoms. The Kier molecular flexibility index (Phi) is 4.48. The lowest BCUT2D eigenvalue weighted by atomic mass is 9.85. The number of pyridine rings is 1. The molecule has 3 heterocycles. The molecule has 2 N–H and O–H groups in total. The van der Waals surface area contributed by atoms with Crippen molar-refractivity contribution < 1.29 is 5.11 Å². The molecule has 1 atom stereocenters. The first-order valence-electron chi connectivity index (χ1n) is 9.42. The average Bonchev–Trinajstić information content (AvgIpc) is 3.11. The van der Waals surface area contributed by atoms with Crippen LogP contribution in [0, 0.1) is 0 Å². The summed E-state index contributed by atoms with van der Waals surface area (Å²) >= 11 is 0. The van der Waals surface area contributed by atoms with Gasteiger partial charge in [0.2, 0.25) is 0 Å². The molecule has 0 saturated heterocycles. The van der Waals surface area contributed by atoms with Crippen LogP contribution in [0.15, 0.2) is 49.1 Å². The van der Waals surface area contributed by atoms with E-state index in [1.165, 1.54) is 11.3 Å². The molecule has 4 rings (SSSR count). The zero-order valence-corrected chi connectivity index (χ0v) is 16.1. The van der Waals surface area contributed by atoms with Crippen LogP contribution in [0.3, 0.4) is 0 Å². The summed E-state index contributed by atoms with van der Waals surface area (Å²) in [5, 5.41) is 10.9. The number of phenols is 1. The Bertz CT molecular complexity index is 927. The third-order valence-corrected chi connectivity index (χ3v) is 5.35. The van der Waals surface area contributed by atoms with Crippen molar-refractivity contribution in [1.29, 1.82) is 0 Å². The molecular weight excluding hydrogens is 336 g/mol. The molecule has 0 fully saturated rings. The number of nitrogens with one attached hydrogen (secondary N) is 1. The SMILES string of the molecule is CC(C)(C)c1cccc(CN2CCc3[nH]cnc3C2c2ccncc2)c1O. The number of nitrogens with zero attached hydrogens (tertiary/aromatic N) is 3. The molecule has 0 saturated carbocycles. The number of aromatic hydroxyl groups is 1. The van der Waals surface area contributed by atoms with Crippen LogP contribution in [0.4, 0.5) is 0 Å². The van der Waals surface area contributed by atoms with Gasteiger partial charge in [-0.05, 0) is 28.7 Å². The Hall–Kier alpha value is -2.66. The van der Waals surface area contributed by atoms with Gasteiger partial charge < -0.3 is 10.1 Å². The molecule has 3 aromatic rings. The fraction of sp³-hybridized carbons (Fsp3) is 0.364. The molecule has 2 aromatic heterocycles. The van der Waals surface area contributed by atoms with E-state index in [1.54, 1.807) is 6.33 Å². The predicted octanol–water partition coefficient (Wildman–Crippen LogP) is 3.96. The lowest BCUT2D eigenvalue weighted by Gasteiger charge is -2.35. The maximum atomic E-state index is 10.9. The van der Waals surface area contributed by atoms with Crippen molar-refractivity contribution in [3.05, 3.63) is 77.1 Å². The van der Waals surface area contributed by atoms with Crippen molar-refractivity contribution in [2.24, 2.45) is 0 Å². The largest absolute Gasteiger partial charge is 0.507 e. The first kappa shape index (κ1) is 17.7. The molecule has 1 unspecified atom stereocenters. The second-order valence-corrected chi connectivity index (χ2v) is 8.23. The standard InChI is InChI=1S/C22H26N4O/c1-22(2,3)17-6-4-5-16(21(17)27)13-26-12-9-18-19(25-14-24-18)20(26)15-7-10-23-11-8-15/h4-8,10-11,14,20,27H,9,12-13H2,1-3H3,(H,24,25). The fourth-order valence-electron chi connectivity index (χ4n) is 3.95. The Morgan fingerprint density at radius 3 is 2.70 bits per heavy atom. The highest BCUT2D eigenvalue weighted by Gasteiger charge is 2.32. The number of H-pyrrole nitrogens is 1. The van der Waals surface area contributed by atoms with Crippen molar-refractivity contribution >= 4 is 0 Å². The lowest BCUT2D eigenvalue weighted by Crippen LogP contribution is -2.36. The highest BCUT2D eigenvalue weighted by Crippen LogP contribution is 2.37. The van der Waals surface area contributed by atoms with E-state index in [-0.39, 0.29) is 11.5 Å². The van der Waals surface area contributed by atoms with Gasteiger partial charge in [-0.3, -0.25) is 9.88 Å². The highest BCUT2D eigenvalue weighted by molar-refractivity contribution is 5.44. The summed E-state index contributed by atoms with van der Waals surface area (Å²) in [6, 6.07) is 10.2. The average molecular weight is 362 g/mol. The van der Waals surface area contributed by atoms with Crippen molar-refractivity contribution in [1.82, 2.24) is 19.9 Å². The maximum Gasteiger partial charge on any atom is 0.123 e. The molecule has 27 heavy (non-hydrogen) atoms. The quantitative estimate of drug-likeness (QED) is 0.740. The smallest absolute Gasteiger partial charge is 0.123 e. The Morgan fingerprint density at radius 1 is 1.19 bits per heavy atom. The van der Waals surface area contributed by atoms with Gasteiger partial charge in [0.15, 0.2) is 0 Å². The third-order valence-electron chi connectivity index (χ3n) is 5.35. The number of aromatic amines is 1. The van der Waals surface area contributed by atoms with Crippen molar-refractivity contribution in [3.8, 4) is 5.75 Å². The highest BCUT2D eigenvalue weighted by atomic mass is 16.3. The van der Waals surface area contributed by atoms with Crippen LogP contribution in [-0.2, 0) is 18.4 Å². The molecule has 1 aromatic carbocycles. The van der Waals surface area contributed by atoms with Crippen LogP contribution in [0.1, 0.15) is 54.9 Å². The summed E-state index contributed by atoms with van der Waals surface area (Å²) in [6.45, 7) is 7.96. The van der Waals surface area contributed by atoms with E-state index in [0.717, 1.165) is 29.8 Å². The summed E-state index contributed by atoms with van der Waals surface area (Å²) in [6.07, 6.45) is 6.36. The van der Waals surface area contributed by atoms with Gasteiger partial charge in [-0.15, -0.1) is 0 Å². The van der Waals surface area contributed by atoms with E-state index in [0.29, 0.717) is 12.3 Å². The van der Waals surface area contributed by atoms with E-state index in [4.69, 9.17) is 0 Å².